The summed E-state index contributed by atoms with van der Waals surface area (Å²) in [6.45, 7) is 1.10. The summed E-state index contributed by atoms with van der Waals surface area (Å²) in [4.78, 5) is 17.0. The molecule has 4 rings (SSSR count). The van der Waals surface area contributed by atoms with Crippen LogP contribution >= 0.6 is 0 Å². The van der Waals surface area contributed by atoms with Crippen molar-refractivity contribution in [3.05, 3.63) is 53.3 Å². The predicted molar refractivity (Wildman–Crippen MR) is 124 cm³/mol. The first-order valence-corrected chi connectivity index (χ1v) is 10.9. The predicted octanol–water partition coefficient (Wildman–Crippen LogP) is 3.80. The van der Waals surface area contributed by atoms with Gasteiger partial charge < -0.3 is 15.7 Å². The van der Waals surface area contributed by atoms with E-state index in [0.29, 0.717) is 46.6 Å². The van der Waals surface area contributed by atoms with E-state index in [9.17, 15) is 23.2 Å². The molecule has 0 aliphatic heterocycles. The summed E-state index contributed by atoms with van der Waals surface area (Å²) < 4.78 is 39.6. The maximum absolute atomic E-state index is 12.6. The van der Waals surface area contributed by atoms with Crippen molar-refractivity contribution in [1.82, 2.24) is 14.7 Å². The lowest BCUT2D eigenvalue weighted by Gasteiger charge is -2.13. The van der Waals surface area contributed by atoms with Crippen molar-refractivity contribution in [3.8, 4) is 29.2 Å². The molecule has 7 nitrogen and oxygen atoms in total. The Bertz CT molecular complexity index is 1390. The van der Waals surface area contributed by atoms with Gasteiger partial charge in [-0.2, -0.15) is 18.4 Å². The van der Waals surface area contributed by atoms with Crippen LogP contribution in [0.5, 0.6) is 0 Å². The van der Waals surface area contributed by atoms with Gasteiger partial charge in [-0.1, -0.05) is 17.9 Å². The summed E-state index contributed by atoms with van der Waals surface area (Å²) in [5.74, 6) is 5.01. The van der Waals surface area contributed by atoms with Crippen LogP contribution in [0.4, 0.5) is 18.9 Å². The molecular weight excluding hydrogens is 459 g/mol. The lowest BCUT2D eigenvalue weighted by Crippen LogP contribution is -2.35. The Hall–Kier alpha value is -4.02. The van der Waals surface area contributed by atoms with Crippen LogP contribution in [0.2, 0.25) is 0 Å². The zero-order valence-electron chi connectivity index (χ0n) is 18.8. The monoisotopic (exact) mass is 481 g/mol. The molecule has 0 saturated heterocycles. The highest BCUT2D eigenvalue weighted by Crippen LogP contribution is 2.35. The van der Waals surface area contributed by atoms with Gasteiger partial charge in [0.25, 0.3) is 5.91 Å². The number of benzene rings is 1. The third-order valence-corrected chi connectivity index (χ3v) is 5.73. The number of alkyl halides is 3. The molecule has 2 heterocycles. The fourth-order valence-corrected chi connectivity index (χ4v) is 3.73. The summed E-state index contributed by atoms with van der Waals surface area (Å²) in [7, 11) is 0. The fourth-order valence-electron chi connectivity index (χ4n) is 3.73. The molecule has 1 saturated carbocycles. The van der Waals surface area contributed by atoms with E-state index in [4.69, 9.17) is 5.11 Å². The molecule has 1 aliphatic rings. The van der Waals surface area contributed by atoms with Gasteiger partial charge in [-0.3, -0.25) is 9.20 Å². The van der Waals surface area contributed by atoms with E-state index >= 15 is 0 Å². The van der Waals surface area contributed by atoms with Gasteiger partial charge in [0.2, 0.25) is 0 Å². The van der Waals surface area contributed by atoms with E-state index in [1.165, 1.54) is 0 Å². The first-order valence-electron chi connectivity index (χ1n) is 10.9. The highest BCUT2D eigenvalue weighted by atomic mass is 19.4. The standard InChI is InChI=1S/C25H22F3N5O2/c1-16-11-18(4-5-19(16)23(35)32-24(15-29)6-7-24)21-13-31-22-20(30-9-8-25(26,27)28)12-17(3-2-10-34)14-33(21)22/h4-5,11-14,30,34H,6-10H2,1H3,(H,32,35). The maximum Gasteiger partial charge on any atom is 0.390 e. The number of imidazole rings is 1. The number of halogens is 3. The number of nitrogens with one attached hydrogen (secondary N) is 2. The van der Waals surface area contributed by atoms with Crippen LogP contribution in [0.1, 0.15) is 40.7 Å². The molecule has 0 bridgehead atoms. The molecule has 0 radical (unpaired) electrons. The fraction of sp³-hybridized carbons (Fsp3) is 0.320. The molecule has 1 amide bonds. The first-order chi connectivity index (χ1) is 16.6. The van der Waals surface area contributed by atoms with Crippen molar-refractivity contribution in [2.45, 2.75) is 37.9 Å². The molecule has 10 heteroatoms. The SMILES string of the molecule is Cc1cc(-c2cnc3c(NCCC(F)(F)F)cc(C#CCO)cn23)ccc1C(=O)NC1(C#N)CC1. The zero-order valence-corrected chi connectivity index (χ0v) is 18.8. The highest BCUT2D eigenvalue weighted by Gasteiger charge is 2.44. The van der Waals surface area contributed by atoms with Crippen molar-refractivity contribution in [1.29, 1.82) is 5.26 Å². The van der Waals surface area contributed by atoms with Gasteiger partial charge in [0, 0.05) is 29.4 Å². The van der Waals surface area contributed by atoms with E-state index < -0.39 is 18.1 Å². The quantitative estimate of drug-likeness (QED) is 0.465. The van der Waals surface area contributed by atoms with Gasteiger partial charge in [0.05, 0.1) is 30.1 Å². The molecule has 1 aliphatic carbocycles. The van der Waals surface area contributed by atoms with Gasteiger partial charge in [0.15, 0.2) is 5.65 Å². The second kappa shape index (κ2) is 9.32. The molecule has 0 atom stereocenters. The number of anilines is 1. The Morgan fingerprint density at radius 3 is 2.71 bits per heavy atom. The lowest BCUT2D eigenvalue weighted by atomic mass is 10.0. The van der Waals surface area contributed by atoms with Gasteiger partial charge in [0.1, 0.15) is 12.1 Å². The average molecular weight is 481 g/mol. The Morgan fingerprint density at radius 1 is 1.31 bits per heavy atom. The number of nitriles is 1. The largest absolute Gasteiger partial charge is 0.390 e. The van der Waals surface area contributed by atoms with Gasteiger partial charge in [-0.15, -0.1) is 0 Å². The van der Waals surface area contributed by atoms with Crippen LogP contribution in [0.25, 0.3) is 16.9 Å². The third-order valence-electron chi connectivity index (χ3n) is 5.73. The first kappa shape index (κ1) is 24.1. The number of hydrogen-bond donors (Lipinski definition) is 3. The van der Waals surface area contributed by atoms with Gasteiger partial charge >= 0.3 is 6.18 Å². The topological polar surface area (TPSA) is 102 Å². The van der Waals surface area contributed by atoms with Crippen LogP contribution < -0.4 is 10.6 Å². The Labute approximate surface area is 199 Å². The van der Waals surface area contributed by atoms with Crippen LogP contribution in [-0.4, -0.2) is 45.3 Å². The van der Waals surface area contributed by atoms with Crippen LogP contribution in [0, 0.1) is 30.1 Å². The minimum atomic E-state index is -4.30. The number of aliphatic hydroxyl groups excluding tert-OH is 1. The van der Waals surface area contributed by atoms with Crippen molar-refractivity contribution in [2.75, 3.05) is 18.5 Å². The van der Waals surface area contributed by atoms with E-state index in [1.54, 1.807) is 41.9 Å². The number of carbonyl (C=O) groups excluding carboxylic acids is 1. The minimum Gasteiger partial charge on any atom is -0.384 e. The van der Waals surface area contributed by atoms with Crippen LogP contribution in [-0.2, 0) is 0 Å². The lowest BCUT2D eigenvalue weighted by molar-refractivity contribution is -0.131. The van der Waals surface area contributed by atoms with Crippen molar-refractivity contribution in [3.63, 3.8) is 0 Å². The molecule has 180 valence electrons. The molecule has 1 aromatic carbocycles. The molecule has 3 N–H and O–H groups in total. The van der Waals surface area contributed by atoms with E-state index in [-0.39, 0.29) is 19.1 Å². The van der Waals surface area contributed by atoms with Gasteiger partial charge in [-0.25, -0.2) is 4.98 Å². The highest BCUT2D eigenvalue weighted by molar-refractivity contribution is 5.97. The number of amides is 1. The second-order valence-electron chi connectivity index (χ2n) is 8.41. The number of fused-ring (bicyclic) bond motifs is 1. The van der Waals surface area contributed by atoms with Crippen LogP contribution in [0.3, 0.4) is 0 Å². The van der Waals surface area contributed by atoms with Crippen molar-refractivity contribution in [2.24, 2.45) is 0 Å². The molecule has 0 unspecified atom stereocenters. The van der Waals surface area contributed by atoms with Gasteiger partial charge in [-0.05, 0) is 43.5 Å². The molecular formula is C25H22F3N5O2. The number of nitrogens with zero attached hydrogens (tertiary/aromatic N) is 3. The van der Waals surface area contributed by atoms with E-state index in [1.807, 2.05) is 6.07 Å². The second-order valence-corrected chi connectivity index (χ2v) is 8.41. The third kappa shape index (κ3) is 5.39. The Morgan fingerprint density at radius 2 is 2.09 bits per heavy atom. The number of aryl methyl sites for hydroxylation is 1. The smallest absolute Gasteiger partial charge is 0.384 e. The molecule has 1 fully saturated rings. The summed E-state index contributed by atoms with van der Waals surface area (Å²) in [6.07, 6.45) is -0.749. The maximum atomic E-state index is 12.6. The normalized spacial score (nSPS) is 14.1. The van der Waals surface area contributed by atoms with E-state index in [0.717, 1.165) is 5.56 Å². The molecule has 0 spiro atoms. The molecule has 3 aromatic rings. The Balaban J connectivity index is 1.68. The minimum absolute atomic E-state index is 0.316. The number of hydrogen-bond acceptors (Lipinski definition) is 5. The average Bonchev–Trinajstić information content (AvgIpc) is 3.44. The summed E-state index contributed by atoms with van der Waals surface area (Å²) in [5, 5.41) is 23.8. The van der Waals surface area contributed by atoms with Crippen molar-refractivity contribution < 1.29 is 23.1 Å². The number of aliphatic hydroxyl groups is 1. The zero-order chi connectivity index (χ0) is 25.2. The summed E-state index contributed by atoms with van der Waals surface area (Å²) in [6, 6.07) is 8.96. The summed E-state index contributed by atoms with van der Waals surface area (Å²) >= 11 is 0. The van der Waals surface area contributed by atoms with Crippen LogP contribution in [0.15, 0.2) is 36.7 Å². The number of aromatic nitrogens is 2. The Kier molecular flexibility index (Phi) is 6.42. The van der Waals surface area contributed by atoms with Crippen molar-refractivity contribution >= 4 is 17.2 Å². The number of pyridine rings is 1. The van der Waals surface area contributed by atoms with E-state index in [2.05, 4.69) is 33.5 Å². The molecule has 2 aromatic heterocycles. The number of rotatable bonds is 6. The molecule has 35 heavy (non-hydrogen) atoms. The summed E-state index contributed by atoms with van der Waals surface area (Å²) in [5.41, 5.74) is 3.05. The number of carbonyl (C=O) groups is 1.